The van der Waals surface area contributed by atoms with Crippen molar-refractivity contribution in [2.24, 2.45) is 0 Å². The van der Waals surface area contributed by atoms with Gasteiger partial charge in [-0.3, -0.25) is 14.9 Å². The number of nitro benzene ring substituents is 1. The standard InChI is InChI=1S/C14H18N2O4/c17-8-7-10-9-11(5-6-13(10)16(19)20)14(18)15-12-3-1-2-4-12/h5-6,9,12,17H,1-4,7-8H2,(H,15,18). The smallest absolute Gasteiger partial charge is 0.272 e. The number of aliphatic hydroxyl groups is 1. The molecule has 2 N–H and O–H groups in total. The summed E-state index contributed by atoms with van der Waals surface area (Å²) in [6.45, 7) is -0.186. The second-order valence-electron chi connectivity index (χ2n) is 5.03. The minimum absolute atomic E-state index is 0.0588. The Kier molecular flexibility index (Phi) is 4.68. The lowest BCUT2D eigenvalue weighted by Crippen LogP contribution is -2.32. The average molecular weight is 278 g/mol. The zero-order valence-corrected chi connectivity index (χ0v) is 11.2. The summed E-state index contributed by atoms with van der Waals surface area (Å²) in [5.74, 6) is -0.203. The Labute approximate surface area is 117 Å². The van der Waals surface area contributed by atoms with Crippen molar-refractivity contribution in [1.29, 1.82) is 0 Å². The molecule has 6 heteroatoms. The van der Waals surface area contributed by atoms with Crippen molar-refractivity contribution in [3.63, 3.8) is 0 Å². The Morgan fingerprint density at radius 3 is 2.70 bits per heavy atom. The maximum atomic E-state index is 12.1. The number of rotatable bonds is 5. The van der Waals surface area contributed by atoms with Crippen LogP contribution in [0.4, 0.5) is 5.69 Å². The maximum absolute atomic E-state index is 12.1. The number of nitrogens with one attached hydrogen (secondary N) is 1. The second kappa shape index (κ2) is 6.47. The van der Waals surface area contributed by atoms with Gasteiger partial charge in [0.1, 0.15) is 0 Å². The topological polar surface area (TPSA) is 92.5 Å². The molecule has 1 aromatic carbocycles. The number of benzene rings is 1. The van der Waals surface area contributed by atoms with Crippen LogP contribution in [-0.4, -0.2) is 28.6 Å². The number of carbonyl (C=O) groups is 1. The first-order valence-corrected chi connectivity index (χ1v) is 6.81. The molecule has 0 atom stereocenters. The van der Waals surface area contributed by atoms with E-state index in [1.165, 1.54) is 18.2 Å². The molecule has 0 aromatic heterocycles. The van der Waals surface area contributed by atoms with Gasteiger partial charge in [0.05, 0.1) is 4.92 Å². The highest BCUT2D eigenvalue weighted by Crippen LogP contribution is 2.22. The molecule has 6 nitrogen and oxygen atoms in total. The van der Waals surface area contributed by atoms with Gasteiger partial charge in [0.15, 0.2) is 0 Å². The van der Waals surface area contributed by atoms with E-state index in [1.807, 2.05) is 0 Å². The van der Waals surface area contributed by atoms with Crippen molar-refractivity contribution in [2.75, 3.05) is 6.61 Å². The lowest BCUT2D eigenvalue weighted by molar-refractivity contribution is -0.385. The number of amides is 1. The highest BCUT2D eigenvalue weighted by molar-refractivity contribution is 5.95. The first-order chi connectivity index (χ1) is 9.61. The van der Waals surface area contributed by atoms with E-state index >= 15 is 0 Å². The molecule has 1 saturated carbocycles. The summed E-state index contributed by atoms with van der Waals surface area (Å²) in [5, 5.41) is 22.8. The molecule has 0 aliphatic heterocycles. The zero-order chi connectivity index (χ0) is 14.5. The van der Waals surface area contributed by atoms with E-state index < -0.39 is 4.92 Å². The predicted octanol–water partition coefficient (Wildman–Crippen LogP) is 1.80. The molecule has 2 rings (SSSR count). The fraction of sp³-hybridized carbons (Fsp3) is 0.500. The average Bonchev–Trinajstić information content (AvgIpc) is 2.91. The number of carbonyl (C=O) groups excluding carboxylic acids is 1. The van der Waals surface area contributed by atoms with Crippen LogP contribution in [0.15, 0.2) is 18.2 Å². The van der Waals surface area contributed by atoms with Crippen molar-refractivity contribution in [1.82, 2.24) is 5.32 Å². The molecule has 0 saturated heterocycles. The van der Waals surface area contributed by atoms with E-state index in [4.69, 9.17) is 5.11 Å². The van der Waals surface area contributed by atoms with Crippen LogP contribution in [-0.2, 0) is 6.42 Å². The normalized spacial score (nSPS) is 15.2. The Morgan fingerprint density at radius 2 is 2.10 bits per heavy atom. The van der Waals surface area contributed by atoms with Crippen LogP contribution < -0.4 is 5.32 Å². The molecular formula is C14H18N2O4. The van der Waals surface area contributed by atoms with Crippen molar-refractivity contribution >= 4 is 11.6 Å². The van der Waals surface area contributed by atoms with Gasteiger partial charge in [0.25, 0.3) is 11.6 Å². The largest absolute Gasteiger partial charge is 0.396 e. The first-order valence-electron chi connectivity index (χ1n) is 6.81. The number of nitrogens with zero attached hydrogens (tertiary/aromatic N) is 1. The summed E-state index contributed by atoms with van der Waals surface area (Å²) in [7, 11) is 0. The Hall–Kier alpha value is -1.95. The number of nitro groups is 1. The minimum Gasteiger partial charge on any atom is -0.396 e. The Bertz CT molecular complexity index is 510. The minimum atomic E-state index is -0.496. The molecule has 1 aromatic rings. The molecule has 20 heavy (non-hydrogen) atoms. The summed E-state index contributed by atoms with van der Waals surface area (Å²) >= 11 is 0. The van der Waals surface area contributed by atoms with Crippen molar-refractivity contribution in [3.8, 4) is 0 Å². The van der Waals surface area contributed by atoms with Gasteiger partial charge in [0.2, 0.25) is 0 Å². The first kappa shape index (κ1) is 14.5. The van der Waals surface area contributed by atoms with Crippen molar-refractivity contribution < 1.29 is 14.8 Å². The van der Waals surface area contributed by atoms with E-state index in [9.17, 15) is 14.9 Å². The predicted molar refractivity (Wildman–Crippen MR) is 73.6 cm³/mol. The van der Waals surface area contributed by atoms with E-state index in [0.717, 1.165) is 25.7 Å². The van der Waals surface area contributed by atoms with Crippen LogP contribution in [0, 0.1) is 10.1 Å². The molecule has 1 aliphatic carbocycles. The molecule has 0 radical (unpaired) electrons. The van der Waals surface area contributed by atoms with E-state index in [2.05, 4.69) is 5.32 Å². The van der Waals surface area contributed by atoms with Crippen molar-refractivity contribution in [2.45, 2.75) is 38.1 Å². The maximum Gasteiger partial charge on any atom is 0.272 e. The number of hydrogen-bond donors (Lipinski definition) is 2. The van der Waals surface area contributed by atoms with Crippen LogP contribution >= 0.6 is 0 Å². The Balaban J connectivity index is 2.16. The van der Waals surface area contributed by atoms with Gasteiger partial charge >= 0.3 is 0 Å². The van der Waals surface area contributed by atoms with Gasteiger partial charge in [-0.2, -0.15) is 0 Å². The third-order valence-corrected chi connectivity index (χ3v) is 3.61. The third-order valence-electron chi connectivity index (χ3n) is 3.61. The SMILES string of the molecule is O=C(NC1CCCC1)c1ccc([N+](=O)[O-])c(CCO)c1. The third kappa shape index (κ3) is 3.33. The number of hydrogen-bond acceptors (Lipinski definition) is 4. The lowest BCUT2D eigenvalue weighted by Gasteiger charge is -2.12. The Morgan fingerprint density at radius 1 is 1.40 bits per heavy atom. The molecule has 0 bridgehead atoms. The van der Waals surface area contributed by atoms with E-state index in [1.54, 1.807) is 0 Å². The van der Waals surface area contributed by atoms with Crippen molar-refractivity contribution in [3.05, 3.63) is 39.4 Å². The summed E-state index contributed by atoms with van der Waals surface area (Å²) in [6, 6.07) is 4.50. The van der Waals surface area contributed by atoms with Gasteiger partial charge in [-0.25, -0.2) is 0 Å². The summed E-state index contributed by atoms with van der Waals surface area (Å²) in [5.41, 5.74) is 0.735. The molecule has 0 spiro atoms. The lowest BCUT2D eigenvalue weighted by atomic mass is 10.1. The summed E-state index contributed by atoms with van der Waals surface area (Å²) < 4.78 is 0. The fourth-order valence-corrected chi connectivity index (χ4v) is 2.56. The molecule has 1 fully saturated rings. The van der Waals surface area contributed by atoms with E-state index in [-0.39, 0.29) is 30.7 Å². The summed E-state index contributed by atoms with van der Waals surface area (Å²) in [6.07, 6.45) is 4.40. The quantitative estimate of drug-likeness (QED) is 0.634. The summed E-state index contributed by atoms with van der Waals surface area (Å²) in [4.78, 5) is 22.5. The fourth-order valence-electron chi connectivity index (χ4n) is 2.56. The molecular weight excluding hydrogens is 260 g/mol. The molecule has 0 unspecified atom stereocenters. The van der Waals surface area contributed by atoms with Gasteiger partial charge in [-0.15, -0.1) is 0 Å². The van der Waals surface area contributed by atoms with Crippen LogP contribution in [0.3, 0.4) is 0 Å². The molecule has 1 aliphatic rings. The molecule has 108 valence electrons. The van der Waals surface area contributed by atoms with Crippen LogP contribution in [0.2, 0.25) is 0 Å². The van der Waals surface area contributed by atoms with Gasteiger partial charge in [-0.05, 0) is 25.0 Å². The molecule has 1 amide bonds. The van der Waals surface area contributed by atoms with E-state index in [0.29, 0.717) is 11.1 Å². The number of aliphatic hydroxyl groups excluding tert-OH is 1. The molecule has 0 heterocycles. The van der Waals surface area contributed by atoms with Crippen LogP contribution in [0.5, 0.6) is 0 Å². The second-order valence-corrected chi connectivity index (χ2v) is 5.03. The highest BCUT2D eigenvalue weighted by Gasteiger charge is 2.20. The van der Waals surface area contributed by atoms with Crippen LogP contribution in [0.25, 0.3) is 0 Å². The zero-order valence-electron chi connectivity index (χ0n) is 11.2. The van der Waals surface area contributed by atoms with Gasteiger partial charge < -0.3 is 10.4 Å². The van der Waals surface area contributed by atoms with Gasteiger partial charge in [-0.1, -0.05) is 12.8 Å². The highest BCUT2D eigenvalue weighted by atomic mass is 16.6. The van der Waals surface area contributed by atoms with Crippen LogP contribution in [0.1, 0.15) is 41.6 Å². The monoisotopic (exact) mass is 278 g/mol. The van der Waals surface area contributed by atoms with Gasteiger partial charge in [0, 0.05) is 36.3 Å².